The summed E-state index contributed by atoms with van der Waals surface area (Å²) in [6.07, 6.45) is 2.04. The Morgan fingerprint density at radius 1 is 1.00 bits per heavy atom. The molecule has 0 aliphatic heterocycles. The minimum Gasteiger partial charge on any atom is -0.478 e. The van der Waals surface area contributed by atoms with E-state index in [0.717, 1.165) is 36.3 Å². The van der Waals surface area contributed by atoms with E-state index in [0.29, 0.717) is 18.7 Å². The highest BCUT2D eigenvalue weighted by atomic mass is 16.4. The lowest BCUT2D eigenvalue weighted by atomic mass is 10.1. The minimum atomic E-state index is -0.851. The third-order valence-corrected chi connectivity index (χ3v) is 5.92. The number of nitrogens with zero attached hydrogens (tertiary/aromatic N) is 1. The van der Waals surface area contributed by atoms with Gasteiger partial charge in [-0.2, -0.15) is 0 Å². The molecule has 2 aromatic carbocycles. The van der Waals surface area contributed by atoms with E-state index in [2.05, 4.69) is 66.2 Å². The van der Waals surface area contributed by atoms with Crippen molar-refractivity contribution in [3.63, 3.8) is 0 Å². The third-order valence-electron chi connectivity index (χ3n) is 5.92. The smallest absolute Gasteiger partial charge is 0.337 e. The predicted octanol–water partition coefficient (Wildman–Crippen LogP) is 5.19. The quantitative estimate of drug-likeness (QED) is 0.483. The van der Waals surface area contributed by atoms with Crippen LogP contribution in [0.4, 0.5) is 0 Å². The molecule has 0 aliphatic carbocycles. The molecule has 0 aliphatic rings. The van der Waals surface area contributed by atoms with Crippen LogP contribution in [0.1, 0.15) is 56.0 Å². The number of carboxylic acids is 1. The van der Waals surface area contributed by atoms with E-state index in [9.17, 15) is 9.90 Å². The van der Waals surface area contributed by atoms with Crippen molar-refractivity contribution in [2.75, 3.05) is 6.54 Å². The van der Waals surface area contributed by atoms with Gasteiger partial charge in [0.15, 0.2) is 0 Å². The van der Waals surface area contributed by atoms with E-state index in [4.69, 9.17) is 0 Å². The Balaban J connectivity index is 1.73. The monoisotopic (exact) mass is 404 g/mol. The second-order valence-electron chi connectivity index (χ2n) is 8.11. The summed E-state index contributed by atoms with van der Waals surface area (Å²) in [5, 5.41) is 13.3. The Kier molecular flexibility index (Phi) is 7.11. The maximum atomic E-state index is 12.0. The van der Waals surface area contributed by atoms with Crippen molar-refractivity contribution < 1.29 is 9.90 Å². The van der Waals surface area contributed by atoms with Crippen LogP contribution >= 0.6 is 0 Å². The number of rotatable bonds is 9. The average molecular weight is 405 g/mol. The highest BCUT2D eigenvalue weighted by molar-refractivity contribution is 5.91. The first kappa shape index (κ1) is 21.8. The van der Waals surface area contributed by atoms with E-state index >= 15 is 0 Å². The number of aromatic carboxylic acids is 1. The van der Waals surface area contributed by atoms with Gasteiger partial charge >= 0.3 is 5.97 Å². The zero-order valence-corrected chi connectivity index (χ0v) is 18.5. The first-order valence-electron chi connectivity index (χ1n) is 10.6. The molecule has 0 amide bonds. The van der Waals surface area contributed by atoms with Crippen molar-refractivity contribution in [2.24, 2.45) is 0 Å². The summed E-state index contributed by atoms with van der Waals surface area (Å²) in [7, 11) is 0. The Hall–Kier alpha value is -2.85. The van der Waals surface area contributed by atoms with E-state index in [-0.39, 0.29) is 0 Å². The number of carboxylic acid groups (broad SMARTS) is 1. The Morgan fingerprint density at radius 3 is 2.43 bits per heavy atom. The number of carbonyl (C=O) groups is 1. The molecule has 0 saturated heterocycles. The van der Waals surface area contributed by atoms with E-state index in [1.165, 1.54) is 22.3 Å². The molecular formula is C26H32N2O2. The largest absolute Gasteiger partial charge is 0.478 e. The van der Waals surface area contributed by atoms with Gasteiger partial charge in [-0.05, 0) is 63.8 Å². The highest BCUT2D eigenvalue weighted by Crippen LogP contribution is 2.25. The lowest BCUT2D eigenvalue weighted by Crippen LogP contribution is -2.17. The Bertz CT molecular complexity index is 1020. The molecule has 0 spiro atoms. The number of benzene rings is 2. The van der Waals surface area contributed by atoms with Crippen LogP contribution in [-0.4, -0.2) is 22.2 Å². The fourth-order valence-corrected chi connectivity index (χ4v) is 4.10. The zero-order valence-electron chi connectivity index (χ0n) is 18.5. The van der Waals surface area contributed by atoms with Crippen molar-refractivity contribution in [2.45, 2.75) is 53.6 Å². The molecule has 4 nitrogen and oxygen atoms in total. The standard InChI is InChI=1S/C26H32N2O2/c1-18-12-13-19(2)23(15-18)17-28-20(3)24(25(21(28)4)26(29)30)16-27-14-8-11-22-9-6-5-7-10-22/h5-7,9-10,12-13,15,27H,8,11,14,16-17H2,1-4H3,(H,29,30). The van der Waals surface area contributed by atoms with E-state index in [1.54, 1.807) is 0 Å². The molecule has 0 atom stereocenters. The second kappa shape index (κ2) is 9.77. The van der Waals surface area contributed by atoms with Gasteiger partial charge in [-0.1, -0.05) is 54.1 Å². The maximum absolute atomic E-state index is 12.0. The van der Waals surface area contributed by atoms with Gasteiger partial charge in [0, 0.05) is 30.0 Å². The van der Waals surface area contributed by atoms with Crippen LogP contribution in [0, 0.1) is 27.7 Å². The molecule has 0 unspecified atom stereocenters. The molecule has 4 heteroatoms. The van der Waals surface area contributed by atoms with Crippen molar-refractivity contribution in [3.8, 4) is 0 Å². The normalized spacial score (nSPS) is 11.1. The first-order chi connectivity index (χ1) is 14.4. The van der Waals surface area contributed by atoms with Crippen LogP contribution in [0.25, 0.3) is 0 Å². The molecule has 1 heterocycles. The summed E-state index contributed by atoms with van der Waals surface area (Å²) in [6, 6.07) is 16.9. The average Bonchev–Trinajstić information content (AvgIpc) is 2.95. The molecule has 0 fully saturated rings. The zero-order chi connectivity index (χ0) is 21.7. The van der Waals surface area contributed by atoms with Gasteiger partial charge in [0.05, 0.1) is 5.56 Å². The van der Waals surface area contributed by atoms with E-state index in [1.807, 2.05) is 19.9 Å². The van der Waals surface area contributed by atoms with Gasteiger partial charge in [-0.3, -0.25) is 0 Å². The third kappa shape index (κ3) is 5.00. The molecule has 3 rings (SSSR count). The van der Waals surface area contributed by atoms with Gasteiger partial charge in [-0.15, -0.1) is 0 Å². The lowest BCUT2D eigenvalue weighted by molar-refractivity contribution is 0.0694. The highest BCUT2D eigenvalue weighted by Gasteiger charge is 2.22. The number of hydrogen-bond acceptors (Lipinski definition) is 2. The Labute approximate surface area is 179 Å². The summed E-state index contributed by atoms with van der Waals surface area (Å²) in [4.78, 5) is 12.0. The molecule has 0 bridgehead atoms. The summed E-state index contributed by atoms with van der Waals surface area (Å²) in [6.45, 7) is 10.3. The molecule has 0 saturated carbocycles. The van der Waals surface area contributed by atoms with Crippen LogP contribution < -0.4 is 5.32 Å². The van der Waals surface area contributed by atoms with Gasteiger partial charge in [-0.25, -0.2) is 4.79 Å². The van der Waals surface area contributed by atoms with Crippen LogP contribution in [-0.2, 0) is 19.5 Å². The summed E-state index contributed by atoms with van der Waals surface area (Å²) >= 11 is 0. The van der Waals surface area contributed by atoms with Crippen LogP contribution in [0.3, 0.4) is 0 Å². The van der Waals surface area contributed by atoms with E-state index < -0.39 is 5.97 Å². The van der Waals surface area contributed by atoms with Crippen molar-refractivity contribution >= 4 is 5.97 Å². The van der Waals surface area contributed by atoms with Crippen molar-refractivity contribution in [3.05, 3.63) is 93.3 Å². The van der Waals surface area contributed by atoms with Gasteiger partial charge in [0.2, 0.25) is 0 Å². The molecule has 1 aromatic heterocycles. The second-order valence-corrected chi connectivity index (χ2v) is 8.11. The SMILES string of the molecule is Cc1ccc(C)c(Cn2c(C)c(CNCCCc3ccccc3)c(C(=O)O)c2C)c1. The van der Waals surface area contributed by atoms with Gasteiger partial charge in [0.1, 0.15) is 0 Å². The number of aryl methyl sites for hydroxylation is 3. The predicted molar refractivity (Wildman–Crippen MR) is 122 cm³/mol. The van der Waals surface area contributed by atoms with Crippen LogP contribution in [0.2, 0.25) is 0 Å². The first-order valence-corrected chi connectivity index (χ1v) is 10.6. The summed E-state index contributed by atoms with van der Waals surface area (Å²) in [5.41, 5.74) is 8.19. The molecule has 30 heavy (non-hydrogen) atoms. The van der Waals surface area contributed by atoms with Gasteiger partial charge < -0.3 is 15.0 Å². The summed E-state index contributed by atoms with van der Waals surface area (Å²) < 4.78 is 2.15. The van der Waals surface area contributed by atoms with Crippen LogP contribution in [0.5, 0.6) is 0 Å². The number of nitrogens with one attached hydrogen (secondary N) is 1. The molecule has 2 N–H and O–H groups in total. The van der Waals surface area contributed by atoms with Crippen molar-refractivity contribution in [1.29, 1.82) is 0 Å². The fourth-order valence-electron chi connectivity index (χ4n) is 4.10. The molecule has 158 valence electrons. The maximum Gasteiger partial charge on any atom is 0.337 e. The lowest BCUT2D eigenvalue weighted by Gasteiger charge is -2.13. The number of hydrogen-bond donors (Lipinski definition) is 2. The number of aromatic nitrogens is 1. The summed E-state index contributed by atoms with van der Waals surface area (Å²) in [5.74, 6) is -0.851. The van der Waals surface area contributed by atoms with Crippen LogP contribution in [0.15, 0.2) is 48.5 Å². The molecule has 0 radical (unpaired) electrons. The fraction of sp³-hybridized carbons (Fsp3) is 0.346. The van der Waals surface area contributed by atoms with Crippen molar-refractivity contribution in [1.82, 2.24) is 9.88 Å². The molecule has 3 aromatic rings. The van der Waals surface area contributed by atoms with Gasteiger partial charge in [0.25, 0.3) is 0 Å². The Morgan fingerprint density at radius 2 is 1.73 bits per heavy atom. The molecular weight excluding hydrogens is 372 g/mol. The topological polar surface area (TPSA) is 54.3 Å². The minimum absolute atomic E-state index is 0.438.